The number of carbonyl (C=O) groups excluding carboxylic acids is 1. The van der Waals surface area contributed by atoms with Crippen LogP contribution in [0.5, 0.6) is 0 Å². The lowest BCUT2D eigenvalue weighted by molar-refractivity contribution is -0.134. The molecular weight excluding hydrogens is 318 g/mol. The summed E-state index contributed by atoms with van der Waals surface area (Å²) in [5.74, 6) is 0.830. The van der Waals surface area contributed by atoms with Crippen molar-refractivity contribution in [2.75, 3.05) is 7.11 Å². The van der Waals surface area contributed by atoms with Gasteiger partial charge >= 0.3 is 11.9 Å². The maximum atomic E-state index is 11.2. The second-order valence-electron chi connectivity index (χ2n) is 5.63. The molecule has 2 heterocycles. The van der Waals surface area contributed by atoms with Gasteiger partial charge in [0, 0.05) is 25.3 Å². The van der Waals surface area contributed by atoms with Gasteiger partial charge in [0.15, 0.2) is 5.71 Å². The predicted molar refractivity (Wildman–Crippen MR) is 97.1 cm³/mol. The van der Waals surface area contributed by atoms with E-state index in [0.717, 1.165) is 17.0 Å². The van der Waals surface area contributed by atoms with Crippen LogP contribution in [-0.4, -0.2) is 40.7 Å². The lowest BCUT2D eigenvalue weighted by Gasteiger charge is -2.23. The highest BCUT2D eigenvalue weighted by Gasteiger charge is 2.44. The zero-order valence-corrected chi connectivity index (χ0v) is 14.4. The number of methoxy groups -OCH3 is 1. The van der Waals surface area contributed by atoms with Gasteiger partial charge in [0.2, 0.25) is 0 Å². The number of rotatable bonds is 4. The number of fused-ring (bicyclic) bond motifs is 1. The summed E-state index contributed by atoms with van der Waals surface area (Å²) in [6, 6.07) is 10.1. The van der Waals surface area contributed by atoms with Crippen LogP contribution in [0.25, 0.3) is 0 Å². The first-order chi connectivity index (χ1) is 12.1. The van der Waals surface area contributed by atoms with E-state index in [4.69, 9.17) is 0 Å². The van der Waals surface area contributed by atoms with E-state index in [1.807, 2.05) is 48.1 Å². The van der Waals surface area contributed by atoms with Crippen LogP contribution >= 0.6 is 0 Å². The quantitative estimate of drug-likeness (QED) is 0.507. The molecule has 0 unspecified atom stereocenters. The summed E-state index contributed by atoms with van der Waals surface area (Å²) < 4.78 is 9.12. The molecule has 0 bridgehead atoms. The van der Waals surface area contributed by atoms with Crippen LogP contribution in [0.2, 0.25) is 0 Å². The van der Waals surface area contributed by atoms with E-state index < -0.39 is 5.97 Å². The highest BCUT2D eigenvalue weighted by atomic mass is 16.5. The van der Waals surface area contributed by atoms with Crippen LogP contribution in [0, 0.1) is 0 Å². The van der Waals surface area contributed by atoms with Gasteiger partial charge in [0.05, 0.1) is 13.7 Å². The Bertz CT molecular complexity index is 832. The highest BCUT2D eigenvalue weighted by molar-refractivity contribution is 6.09. The van der Waals surface area contributed by atoms with Gasteiger partial charge in [0.25, 0.3) is 5.96 Å². The number of benzene rings is 1. The van der Waals surface area contributed by atoms with Gasteiger partial charge in [-0.2, -0.15) is 10.3 Å². The van der Waals surface area contributed by atoms with Crippen LogP contribution in [0.15, 0.2) is 59.4 Å². The van der Waals surface area contributed by atoms with Crippen molar-refractivity contribution in [2.45, 2.75) is 20.4 Å². The minimum atomic E-state index is -0.452. The van der Waals surface area contributed by atoms with E-state index in [1.165, 1.54) is 19.4 Å². The third-order valence-corrected chi connectivity index (χ3v) is 3.73. The number of guanidine groups is 2. The Morgan fingerprint density at radius 2 is 2.08 bits per heavy atom. The summed E-state index contributed by atoms with van der Waals surface area (Å²) in [6.45, 7) is 4.58. The first kappa shape index (κ1) is 16.5. The van der Waals surface area contributed by atoms with Gasteiger partial charge < -0.3 is 4.74 Å². The fourth-order valence-corrected chi connectivity index (χ4v) is 2.66. The lowest BCUT2D eigenvalue weighted by Crippen LogP contribution is -2.41. The second-order valence-corrected chi connectivity index (χ2v) is 5.63. The molecule has 0 amide bonds. The number of hydrogen-bond donors (Lipinski definition) is 1. The smallest absolute Gasteiger partial charge is 0.466 e. The van der Waals surface area contributed by atoms with E-state index in [-0.39, 0.29) is 0 Å². The molecular formula is C18H20N5O2+. The van der Waals surface area contributed by atoms with E-state index >= 15 is 0 Å². The zero-order valence-electron chi connectivity index (χ0n) is 14.4. The van der Waals surface area contributed by atoms with Crippen LogP contribution in [-0.2, 0) is 16.1 Å². The molecule has 2 aliphatic rings. The normalized spacial score (nSPS) is 17.9. The van der Waals surface area contributed by atoms with Crippen molar-refractivity contribution in [3.63, 3.8) is 0 Å². The van der Waals surface area contributed by atoms with Crippen LogP contribution in [0.4, 0.5) is 0 Å². The first-order valence-electron chi connectivity index (χ1n) is 7.90. The highest BCUT2D eigenvalue weighted by Crippen LogP contribution is 2.19. The largest absolute Gasteiger partial charge is 0.476 e. The molecule has 1 fully saturated rings. The summed E-state index contributed by atoms with van der Waals surface area (Å²) in [6.07, 6.45) is 4.70. The van der Waals surface area contributed by atoms with Crippen molar-refractivity contribution in [3.05, 3.63) is 59.9 Å². The molecule has 2 aliphatic heterocycles. The summed E-state index contributed by atoms with van der Waals surface area (Å²) in [5.41, 5.74) is 3.09. The number of carbonyl (C=O) groups is 1. The van der Waals surface area contributed by atoms with Crippen molar-refractivity contribution < 1.29 is 9.53 Å². The predicted octanol–water partition coefficient (Wildman–Crippen LogP) is 1.15. The molecule has 7 heteroatoms. The van der Waals surface area contributed by atoms with Crippen LogP contribution in [0.1, 0.15) is 19.4 Å². The van der Waals surface area contributed by atoms with E-state index in [9.17, 15) is 4.79 Å². The van der Waals surface area contributed by atoms with Gasteiger partial charge in [0.1, 0.15) is 5.70 Å². The number of allylic oxidation sites excluding steroid dienone is 2. The Morgan fingerprint density at radius 1 is 1.32 bits per heavy atom. The summed E-state index contributed by atoms with van der Waals surface area (Å²) in [7, 11) is 1.33. The minimum Gasteiger partial charge on any atom is -0.466 e. The fourth-order valence-electron chi connectivity index (χ4n) is 2.66. The molecule has 0 saturated carbocycles. The monoisotopic (exact) mass is 338 g/mol. The van der Waals surface area contributed by atoms with Crippen molar-refractivity contribution in [3.8, 4) is 0 Å². The third-order valence-electron chi connectivity index (χ3n) is 3.73. The van der Waals surface area contributed by atoms with E-state index in [1.54, 1.807) is 0 Å². The van der Waals surface area contributed by atoms with Crippen LogP contribution in [0.3, 0.4) is 0 Å². The molecule has 1 N–H and O–H groups in total. The molecule has 1 aromatic carbocycles. The summed E-state index contributed by atoms with van der Waals surface area (Å²) in [5, 5.41) is 7.16. The number of ether oxygens (including phenoxy) is 1. The van der Waals surface area contributed by atoms with E-state index in [2.05, 4.69) is 31.8 Å². The average molecular weight is 338 g/mol. The Labute approximate surface area is 146 Å². The molecule has 128 valence electrons. The number of aliphatic imine (C=N–C) groups is 1. The van der Waals surface area contributed by atoms with E-state index in [0.29, 0.717) is 18.5 Å². The maximum absolute atomic E-state index is 11.2. The lowest BCUT2D eigenvalue weighted by atomic mass is 10.2. The fraction of sp³-hybridized carbons (Fsp3) is 0.222. The topological polar surface area (TPSA) is 71.3 Å². The maximum Gasteiger partial charge on any atom is 0.476 e. The van der Waals surface area contributed by atoms with Crippen molar-refractivity contribution >= 4 is 23.6 Å². The molecule has 7 nitrogen and oxygen atoms in total. The van der Waals surface area contributed by atoms with Crippen molar-refractivity contribution in [1.82, 2.24) is 20.0 Å². The molecule has 0 spiro atoms. The average Bonchev–Trinajstić information content (AvgIpc) is 2.93. The Morgan fingerprint density at radius 3 is 2.80 bits per heavy atom. The van der Waals surface area contributed by atoms with Crippen molar-refractivity contribution in [1.29, 1.82) is 0 Å². The zero-order chi connectivity index (χ0) is 17.8. The molecule has 3 rings (SSSR count). The molecule has 0 aliphatic carbocycles. The molecule has 25 heavy (non-hydrogen) atoms. The van der Waals surface area contributed by atoms with Gasteiger partial charge in [-0.25, -0.2) is 14.5 Å². The summed E-state index contributed by atoms with van der Waals surface area (Å²) >= 11 is 0. The number of hydrogen-bond acceptors (Lipinski definition) is 4. The Kier molecular flexibility index (Phi) is 4.68. The SMILES string of the molecule is COC(=O)C=CN=C1NC2=[N+]=C(C)C=C(C)N2N1Cc1ccccc1. The molecule has 0 aromatic heterocycles. The standard InChI is InChI=1S/C18H19N5O2/c1-13-11-14(2)23-18(20-13)21-17(19-10-9-16(24)25-3)22(23)12-15-7-5-4-6-8-15/h4-11H,12H2,1-3H3/p+1. The number of nitrogens with one attached hydrogen (secondary N) is 1. The Balaban J connectivity index is 1.94. The molecule has 1 saturated heterocycles. The number of nitrogens with zero attached hydrogens (tertiary/aromatic N) is 4. The number of hydrazine groups is 1. The van der Waals surface area contributed by atoms with Crippen LogP contribution < -0.4 is 9.98 Å². The molecule has 1 aromatic rings. The van der Waals surface area contributed by atoms with Gasteiger partial charge in [-0.15, -0.1) is 5.01 Å². The van der Waals surface area contributed by atoms with Gasteiger partial charge in [-0.3, -0.25) is 0 Å². The van der Waals surface area contributed by atoms with Gasteiger partial charge in [-0.05, 0) is 12.5 Å². The van der Waals surface area contributed by atoms with Crippen molar-refractivity contribution in [2.24, 2.45) is 4.99 Å². The Hall–Kier alpha value is -3.31. The molecule has 0 radical (unpaired) electrons. The number of esters is 1. The first-order valence-corrected chi connectivity index (χ1v) is 7.90. The van der Waals surface area contributed by atoms with Gasteiger partial charge in [-0.1, -0.05) is 30.3 Å². The summed E-state index contributed by atoms with van der Waals surface area (Å²) in [4.78, 5) is 15.6. The third kappa shape index (κ3) is 3.62. The minimum absolute atomic E-state index is 0.452. The molecule has 0 atom stereocenters. The second kappa shape index (κ2) is 7.07.